The van der Waals surface area contributed by atoms with Gasteiger partial charge in [-0.15, -0.1) is 0 Å². The number of aliphatic hydroxyl groups is 1. The van der Waals surface area contributed by atoms with Gasteiger partial charge in [0.2, 0.25) is 0 Å². The molecule has 7 nitrogen and oxygen atoms in total. The van der Waals surface area contributed by atoms with Crippen LogP contribution in [0.3, 0.4) is 0 Å². The normalized spacial score (nSPS) is 15.5. The maximum absolute atomic E-state index is 13.3. The van der Waals surface area contributed by atoms with Gasteiger partial charge in [-0.2, -0.15) is 0 Å². The molecule has 0 aliphatic carbocycles. The predicted molar refractivity (Wildman–Crippen MR) is 123 cm³/mol. The van der Waals surface area contributed by atoms with Gasteiger partial charge in [0.15, 0.2) is 0 Å². The van der Waals surface area contributed by atoms with Crippen molar-refractivity contribution >= 4 is 50.5 Å². The molecule has 1 amide bonds. The Hall–Kier alpha value is -2.85. The van der Waals surface area contributed by atoms with Gasteiger partial charge in [0, 0.05) is 5.69 Å². The van der Waals surface area contributed by atoms with Crippen LogP contribution in [0, 0.1) is 5.82 Å². The standard InChI is InChI=1S/C22H17Cl2FN2O5S/c23-17-2-1-3-18(24)21(17)22(29)26-14-6-9-20-19(10-14)27(11-15(12-28)32-20)33(30,31)16-7-4-13(25)5-8-16/h1-10,15,28H,11-12H2,(H,26,29)/t15-/m0/s1. The zero-order valence-electron chi connectivity index (χ0n) is 16.8. The van der Waals surface area contributed by atoms with Crippen LogP contribution in [0.1, 0.15) is 10.4 Å². The zero-order valence-corrected chi connectivity index (χ0v) is 19.2. The summed E-state index contributed by atoms with van der Waals surface area (Å²) in [6, 6.07) is 13.5. The van der Waals surface area contributed by atoms with E-state index in [1.165, 1.54) is 30.3 Å². The number of benzene rings is 3. The number of halogens is 3. The Kier molecular flexibility index (Phi) is 6.49. The SMILES string of the molecule is O=C(Nc1ccc2c(c1)N(S(=O)(=O)c1ccc(F)cc1)C[C@@H](CO)O2)c1c(Cl)cccc1Cl. The highest BCUT2D eigenvalue weighted by molar-refractivity contribution is 7.92. The number of aliphatic hydroxyl groups excluding tert-OH is 1. The number of nitrogens with one attached hydrogen (secondary N) is 1. The summed E-state index contributed by atoms with van der Waals surface area (Å²) < 4.78 is 46.7. The second kappa shape index (κ2) is 9.18. The molecular weight excluding hydrogens is 494 g/mol. The van der Waals surface area contributed by atoms with E-state index in [4.69, 9.17) is 27.9 Å². The average Bonchev–Trinajstić information content (AvgIpc) is 2.78. The van der Waals surface area contributed by atoms with Crippen molar-refractivity contribution in [2.45, 2.75) is 11.0 Å². The lowest BCUT2D eigenvalue weighted by Crippen LogP contribution is -2.45. The molecule has 4 rings (SSSR count). The van der Waals surface area contributed by atoms with Crippen LogP contribution in [-0.2, 0) is 10.0 Å². The topological polar surface area (TPSA) is 95.9 Å². The summed E-state index contributed by atoms with van der Waals surface area (Å²) in [5.41, 5.74) is 0.484. The van der Waals surface area contributed by atoms with Crippen molar-refractivity contribution in [3.05, 3.63) is 82.1 Å². The highest BCUT2D eigenvalue weighted by Gasteiger charge is 2.34. The van der Waals surface area contributed by atoms with Crippen LogP contribution in [0.15, 0.2) is 65.6 Å². The quantitative estimate of drug-likeness (QED) is 0.532. The van der Waals surface area contributed by atoms with E-state index in [9.17, 15) is 22.7 Å². The molecule has 0 radical (unpaired) electrons. The molecule has 1 atom stereocenters. The number of sulfonamides is 1. The molecule has 2 N–H and O–H groups in total. The molecule has 0 unspecified atom stereocenters. The smallest absolute Gasteiger partial charge is 0.264 e. The van der Waals surface area contributed by atoms with E-state index in [-0.39, 0.29) is 44.2 Å². The lowest BCUT2D eigenvalue weighted by molar-refractivity contribution is 0.102. The molecule has 11 heteroatoms. The Bertz CT molecular complexity index is 1300. The molecule has 172 valence electrons. The first-order valence-electron chi connectivity index (χ1n) is 9.66. The van der Waals surface area contributed by atoms with Crippen LogP contribution in [-0.4, -0.2) is 38.7 Å². The van der Waals surface area contributed by atoms with Crippen LogP contribution in [0.4, 0.5) is 15.8 Å². The monoisotopic (exact) mass is 510 g/mol. The Morgan fingerprint density at radius 2 is 1.79 bits per heavy atom. The zero-order chi connectivity index (χ0) is 23.8. The summed E-state index contributed by atoms with van der Waals surface area (Å²) in [5, 5.41) is 12.6. The minimum Gasteiger partial charge on any atom is -0.484 e. The van der Waals surface area contributed by atoms with Crippen molar-refractivity contribution < 1.29 is 27.4 Å². The first-order chi connectivity index (χ1) is 15.7. The van der Waals surface area contributed by atoms with Crippen LogP contribution < -0.4 is 14.4 Å². The summed E-state index contributed by atoms with van der Waals surface area (Å²) >= 11 is 12.2. The number of hydrogen-bond acceptors (Lipinski definition) is 5. The van der Waals surface area contributed by atoms with Crippen LogP contribution in [0.5, 0.6) is 5.75 Å². The average molecular weight is 511 g/mol. The third-order valence-corrected chi connectivity index (χ3v) is 7.37. The first-order valence-corrected chi connectivity index (χ1v) is 11.9. The maximum Gasteiger partial charge on any atom is 0.264 e. The summed E-state index contributed by atoms with van der Waals surface area (Å²) in [7, 11) is -4.13. The fraction of sp³-hybridized carbons (Fsp3) is 0.136. The van der Waals surface area contributed by atoms with E-state index in [1.54, 1.807) is 6.07 Å². The molecule has 0 bridgehead atoms. The van der Waals surface area contributed by atoms with E-state index in [2.05, 4.69) is 5.32 Å². The fourth-order valence-corrected chi connectivity index (χ4v) is 5.42. The van der Waals surface area contributed by atoms with Gasteiger partial charge in [-0.3, -0.25) is 9.10 Å². The second-order valence-corrected chi connectivity index (χ2v) is 9.82. The number of anilines is 2. The number of carbonyl (C=O) groups is 1. The highest BCUT2D eigenvalue weighted by atomic mass is 35.5. The molecular formula is C22H17Cl2FN2O5S. The summed E-state index contributed by atoms with van der Waals surface area (Å²) in [6.45, 7) is -0.602. The molecule has 3 aromatic rings. The molecule has 1 heterocycles. The van der Waals surface area contributed by atoms with E-state index < -0.39 is 34.5 Å². The third-order valence-electron chi connectivity index (χ3n) is 4.94. The molecule has 0 aromatic heterocycles. The summed E-state index contributed by atoms with van der Waals surface area (Å²) in [4.78, 5) is 12.6. The maximum atomic E-state index is 13.3. The van der Waals surface area contributed by atoms with E-state index in [1.807, 2.05) is 0 Å². The van der Waals surface area contributed by atoms with Crippen LogP contribution >= 0.6 is 23.2 Å². The number of ether oxygens (including phenoxy) is 1. The first kappa shape index (κ1) is 23.3. The molecule has 1 aliphatic rings. The molecule has 0 spiro atoms. The third kappa shape index (κ3) is 4.63. The molecule has 3 aromatic carbocycles. The van der Waals surface area contributed by atoms with Crippen molar-refractivity contribution in [1.29, 1.82) is 0 Å². The molecule has 0 fully saturated rings. The number of carbonyl (C=O) groups excluding carboxylic acids is 1. The van der Waals surface area contributed by atoms with Crippen molar-refractivity contribution in [2.24, 2.45) is 0 Å². The van der Waals surface area contributed by atoms with Gasteiger partial charge < -0.3 is 15.2 Å². The number of hydrogen-bond donors (Lipinski definition) is 2. The number of nitrogens with zero attached hydrogens (tertiary/aromatic N) is 1. The molecule has 0 saturated heterocycles. The number of amides is 1. The van der Waals surface area contributed by atoms with E-state index >= 15 is 0 Å². The van der Waals surface area contributed by atoms with Gasteiger partial charge >= 0.3 is 0 Å². The summed E-state index contributed by atoms with van der Waals surface area (Å²) in [5.74, 6) is -0.962. The Balaban J connectivity index is 1.72. The van der Waals surface area contributed by atoms with Gasteiger partial charge in [-0.25, -0.2) is 12.8 Å². The van der Waals surface area contributed by atoms with Gasteiger partial charge in [0.05, 0.1) is 39.3 Å². The van der Waals surface area contributed by atoms with Gasteiger partial charge in [0.25, 0.3) is 15.9 Å². The molecule has 0 saturated carbocycles. The Morgan fingerprint density at radius 3 is 2.42 bits per heavy atom. The van der Waals surface area contributed by atoms with Gasteiger partial charge in [-0.1, -0.05) is 29.3 Å². The van der Waals surface area contributed by atoms with Gasteiger partial charge in [-0.05, 0) is 54.6 Å². The summed E-state index contributed by atoms with van der Waals surface area (Å²) in [6.07, 6.45) is -0.810. The second-order valence-electron chi connectivity index (χ2n) is 7.15. The number of fused-ring (bicyclic) bond motifs is 1. The lowest BCUT2D eigenvalue weighted by Gasteiger charge is -2.35. The van der Waals surface area contributed by atoms with E-state index in [0.717, 1.165) is 28.6 Å². The minimum atomic E-state index is -4.13. The predicted octanol–water partition coefficient (Wildman–Crippen LogP) is 4.33. The molecule has 1 aliphatic heterocycles. The minimum absolute atomic E-state index is 0.0749. The van der Waals surface area contributed by atoms with Crippen molar-refractivity contribution in [2.75, 3.05) is 22.8 Å². The van der Waals surface area contributed by atoms with E-state index in [0.29, 0.717) is 0 Å². The van der Waals surface area contributed by atoms with Crippen molar-refractivity contribution in [3.8, 4) is 5.75 Å². The van der Waals surface area contributed by atoms with Crippen LogP contribution in [0.25, 0.3) is 0 Å². The fourth-order valence-electron chi connectivity index (χ4n) is 3.35. The van der Waals surface area contributed by atoms with Crippen molar-refractivity contribution in [1.82, 2.24) is 0 Å². The lowest BCUT2D eigenvalue weighted by atomic mass is 10.1. The van der Waals surface area contributed by atoms with Crippen LogP contribution in [0.2, 0.25) is 10.0 Å². The van der Waals surface area contributed by atoms with Gasteiger partial charge in [0.1, 0.15) is 17.7 Å². The highest BCUT2D eigenvalue weighted by Crippen LogP contribution is 2.39. The Labute approximate surface area is 199 Å². The largest absolute Gasteiger partial charge is 0.484 e. The molecule has 33 heavy (non-hydrogen) atoms. The number of rotatable bonds is 5. The Morgan fingerprint density at radius 1 is 1.12 bits per heavy atom. The van der Waals surface area contributed by atoms with Crippen molar-refractivity contribution in [3.63, 3.8) is 0 Å².